The van der Waals surface area contributed by atoms with Crippen LogP contribution in [0.25, 0.3) is 0 Å². The van der Waals surface area contributed by atoms with E-state index in [1.54, 1.807) is 0 Å². The first-order valence-electron chi connectivity index (χ1n) is 45.6. The molecule has 0 saturated carbocycles. The van der Waals surface area contributed by atoms with Gasteiger partial charge in [-0.3, -0.25) is 37.3 Å². The van der Waals surface area contributed by atoms with Gasteiger partial charge in [0, 0.05) is 25.7 Å². The van der Waals surface area contributed by atoms with Gasteiger partial charge in [-0.05, 0) is 31.6 Å². The number of esters is 4. The van der Waals surface area contributed by atoms with Crippen molar-refractivity contribution in [2.24, 2.45) is 5.92 Å². The van der Waals surface area contributed by atoms with Crippen LogP contribution in [0.15, 0.2) is 0 Å². The number of aliphatic hydroxyl groups is 1. The van der Waals surface area contributed by atoms with E-state index in [2.05, 4.69) is 34.6 Å². The molecule has 0 spiro atoms. The van der Waals surface area contributed by atoms with E-state index in [1.807, 2.05) is 0 Å². The average molecular weight is 1560 g/mol. The number of ether oxygens (including phenoxy) is 4. The van der Waals surface area contributed by atoms with E-state index in [0.717, 1.165) is 96.3 Å². The first kappa shape index (κ1) is 105. The van der Waals surface area contributed by atoms with E-state index in [4.69, 9.17) is 37.0 Å². The van der Waals surface area contributed by atoms with Crippen LogP contribution in [0.4, 0.5) is 0 Å². The number of carbonyl (C=O) groups excluding carboxylic acids is 4. The van der Waals surface area contributed by atoms with E-state index in [0.29, 0.717) is 31.6 Å². The highest BCUT2D eigenvalue weighted by Gasteiger charge is 2.30. The maximum absolute atomic E-state index is 13.2. The molecule has 0 bridgehead atoms. The summed E-state index contributed by atoms with van der Waals surface area (Å²) in [5, 5.41) is 10.7. The summed E-state index contributed by atoms with van der Waals surface area (Å²) < 4.78 is 68.9. The lowest BCUT2D eigenvalue weighted by molar-refractivity contribution is -0.161. The number of unbranched alkanes of at least 4 members (excludes halogenated alkanes) is 60. The molecule has 0 aliphatic rings. The first-order chi connectivity index (χ1) is 52.0. The number of carbonyl (C=O) groups is 4. The minimum Gasteiger partial charge on any atom is -0.462 e. The molecule has 107 heavy (non-hydrogen) atoms. The summed E-state index contributed by atoms with van der Waals surface area (Å²) in [6.07, 6.45) is 75.4. The minimum atomic E-state index is -4.97. The molecule has 0 aliphatic heterocycles. The average Bonchev–Trinajstić information content (AvgIpc) is 0.902. The molecule has 0 aliphatic carbocycles. The molecule has 0 fully saturated rings. The van der Waals surface area contributed by atoms with Crippen molar-refractivity contribution >= 4 is 39.5 Å². The number of aliphatic hydroxyl groups excluding tert-OH is 1. The lowest BCUT2D eigenvalue weighted by Crippen LogP contribution is -2.30. The van der Waals surface area contributed by atoms with Gasteiger partial charge in [-0.15, -0.1) is 0 Å². The van der Waals surface area contributed by atoms with Gasteiger partial charge in [0.2, 0.25) is 0 Å². The first-order valence-corrected chi connectivity index (χ1v) is 48.6. The van der Waals surface area contributed by atoms with Gasteiger partial charge in [-0.1, -0.05) is 426 Å². The maximum atomic E-state index is 13.2. The van der Waals surface area contributed by atoms with Crippen LogP contribution in [0.3, 0.4) is 0 Å². The second-order valence-corrected chi connectivity index (χ2v) is 35.0. The number of hydrogen-bond donors (Lipinski definition) is 3. The Kier molecular flexibility index (Phi) is 79.2. The molecular weight excluding hydrogens is 1390 g/mol. The molecule has 0 saturated heterocycles. The van der Waals surface area contributed by atoms with E-state index in [9.17, 15) is 43.2 Å². The molecule has 0 radical (unpaired) electrons. The van der Waals surface area contributed by atoms with Crippen LogP contribution in [0, 0.1) is 5.92 Å². The van der Waals surface area contributed by atoms with Crippen LogP contribution >= 0.6 is 15.6 Å². The highest BCUT2D eigenvalue weighted by atomic mass is 31.2. The lowest BCUT2D eigenvalue weighted by atomic mass is 10.0. The van der Waals surface area contributed by atoms with Crippen molar-refractivity contribution in [1.29, 1.82) is 0 Å². The van der Waals surface area contributed by atoms with Gasteiger partial charge in [0.05, 0.1) is 26.4 Å². The van der Waals surface area contributed by atoms with Crippen LogP contribution in [0.5, 0.6) is 0 Å². The molecule has 17 nitrogen and oxygen atoms in total. The number of phosphoric acid groups is 2. The van der Waals surface area contributed by atoms with Gasteiger partial charge in [0.15, 0.2) is 12.2 Å². The Labute approximate surface area is 658 Å². The molecule has 19 heteroatoms. The highest BCUT2D eigenvalue weighted by Crippen LogP contribution is 2.45. The van der Waals surface area contributed by atoms with Gasteiger partial charge < -0.3 is 33.8 Å². The van der Waals surface area contributed by atoms with Crippen molar-refractivity contribution < 1.29 is 80.2 Å². The van der Waals surface area contributed by atoms with Crippen molar-refractivity contribution in [3.05, 3.63) is 0 Å². The molecule has 0 aromatic heterocycles. The van der Waals surface area contributed by atoms with Crippen LogP contribution in [0.2, 0.25) is 0 Å². The molecule has 636 valence electrons. The Balaban J connectivity index is 5.20. The van der Waals surface area contributed by atoms with E-state index >= 15 is 0 Å². The molecule has 5 atom stereocenters. The summed E-state index contributed by atoms with van der Waals surface area (Å²) in [5.41, 5.74) is 0. The summed E-state index contributed by atoms with van der Waals surface area (Å²) in [7, 11) is -9.93. The summed E-state index contributed by atoms with van der Waals surface area (Å²) in [5.74, 6) is -1.42. The molecular formula is C88H172O17P2. The van der Waals surface area contributed by atoms with E-state index in [1.165, 1.54) is 295 Å². The molecule has 0 aromatic rings. The van der Waals surface area contributed by atoms with Crippen LogP contribution in [-0.4, -0.2) is 96.7 Å². The fraction of sp³-hybridized carbons (Fsp3) is 0.955. The highest BCUT2D eigenvalue weighted by molar-refractivity contribution is 7.47. The zero-order valence-electron chi connectivity index (χ0n) is 70.3. The minimum absolute atomic E-state index is 0.108. The molecule has 0 rings (SSSR count). The summed E-state index contributed by atoms with van der Waals surface area (Å²) in [4.78, 5) is 73.2. The number of rotatable bonds is 88. The smallest absolute Gasteiger partial charge is 0.462 e. The van der Waals surface area contributed by atoms with Gasteiger partial charge in [-0.2, -0.15) is 0 Å². The van der Waals surface area contributed by atoms with Crippen LogP contribution in [-0.2, 0) is 65.4 Å². The van der Waals surface area contributed by atoms with Gasteiger partial charge >= 0.3 is 39.5 Å². The summed E-state index contributed by atoms with van der Waals surface area (Å²) in [6.45, 7) is 7.29. The SMILES string of the molecule is CCCCCCCCCCCCCCCCCCCCCCCCC(=O)O[C@H](COC(=O)CCCCCCCCCCCCCCCCCCCCC)COP(=O)(O)OC[C@@H](O)COP(=O)(O)OC[C@@H](COC(=O)CCCCCCCCC(C)C)OC(=O)CCCCCCCCCCCCCCCCCCC. The predicted octanol–water partition coefficient (Wildman–Crippen LogP) is 27.2. The predicted molar refractivity (Wildman–Crippen MR) is 442 cm³/mol. The second-order valence-electron chi connectivity index (χ2n) is 32.1. The Hall–Kier alpha value is -1.94. The van der Waals surface area contributed by atoms with E-state index in [-0.39, 0.29) is 25.7 Å². The van der Waals surface area contributed by atoms with Crippen LogP contribution < -0.4 is 0 Å². The van der Waals surface area contributed by atoms with Gasteiger partial charge in [0.25, 0.3) is 0 Å². The normalized spacial score (nSPS) is 13.7. The van der Waals surface area contributed by atoms with Crippen molar-refractivity contribution in [2.45, 2.75) is 496 Å². The zero-order chi connectivity index (χ0) is 78.3. The summed E-state index contributed by atoms with van der Waals surface area (Å²) >= 11 is 0. The lowest BCUT2D eigenvalue weighted by Gasteiger charge is -2.21. The fourth-order valence-electron chi connectivity index (χ4n) is 13.8. The van der Waals surface area contributed by atoms with Crippen molar-refractivity contribution in [3.8, 4) is 0 Å². The van der Waals surface area contributed by atoms with Crippen molar-refractivity contribution in [3.63, 3.8) is 0 Å². The molecule has 0 heterocycles. The molecule has 2 unspecified atom stereocenters. The standard InChI is InChI=1S/C88H172O17P2/c1-6-9-12-15-18-21-24-27-30-33-35-36-37-39-42-45-48-51-54-57-64-68-73-87(92)104-83(77-98-85(90)71-66-61-55-52-49-46-43-41-38-34-31-28-25-22-19-16-13-10-7-2)79-102-106(94,95)100-75-82(89)76-101-107(96,97)103-80-84(78-99-86(91)72-67-62-59-58-60-65-70-81(4)5)105-88(93)74-69-63-56-53-50-47-44-40-32-29-26-23-20-17-14-11-8-3/h81-84,89H,6-80H2,1-5H3,(H,94,95)(H,96,97)/t82-,83-,84-/m1/s1. The van der Waals surface area contributed by atoms with Crippen molar-refractivity contribution in [2.75, 3.05) is 39.6 Å². The van der Waals surface area contributed by atoms with E-state index < -0.39 is 97.5 Å². The number of hydrogen-bond acceptors (Lipinski definition) is 15. The van der Waals surface area contributed by atoms with Crippen molar-refractivity contribution in [1.82, 2.24) is 0 Å². The topological polar surface area (TPSA) is 237 Å². The molecule has 3 N–H and O–H groups in total. The second kappa shape index (κ2) is 80.7. The summed E-state index contributed by atoms with van der Waals surface area (Å²) in [6, 6.07) is 0. The fourth-order valence-corrected chi connectivity index (χ4v) is 15.4. The Morgan fingerprint density at radius 1 is 0.252 bits per heavy atom. The monoisotopic (exact) mass is 1560 g/mol. The Bertz CT molecular complexity index is 2030. The quantitative estimate of drug-likeness (QED) is 0.0222. The number of phosphoric ester groups is 2. The third kappa shape index (κ3) is 81.9. The van der Waals surface area contributed by atoms with Gasteiger partial charge in [-0.25, -0.2) is 9.13 Å². The Morgan fingerprint density at radius 3 is 0.636 bits per heavy atom. The Morgan fingerprint density at radius 2 is 0.430 bits per heavy atom. The zero-order valence-corrected chi connectivity index (χ0v) is 72.1. The molecule has 0 amide bonds. The third-order valence-electron chi connectivity index (χ3n) is 20.8. The van der Waals surface area contributed by atoms with Crippen LogP contribution in [0.1, 0.15) is 478 Å². The maximum Gasteiger partial charge on any atom is 0.472 e. The largest absolute Gasteiger partial charge is 0.472 e. The molecule has 0 aromatic carbocycles. The third-order valence-corrected chi connectivity index (χ3v) is 22.7. The van der Waals surface area contributed by atoms with Gasteiger partial charge in [0.1, 0.15) is 19.3 Å².